The van der Waals surface area contributed by atoms with Crippen LogP contribution in [-0.4, -0.2) is 134 Å². The number of benzene rings is 2. The van der Waals surface area contributed by atoms with Gasteiger partial charge in [-0.25, -0.2) is 34.9 Å². The van der Waals surface area contributed by atoms with Crippen molar-refractivity contribution in [3.63, 3.8) is 0 Å². The lowest BCUT2D eigenvalue weighted by Gasteiger charge is -2.29. The summed E-state index contributed by atoms with van der Waals surface area (Å²) in [6.07, 6.45) is -3.13. The summed E-state index contributed by atoms with van der Waals surface area (Å²) in [5.74, 6) is -6.82. The lowest BCUT2D eigenvalue weighted by atomic mass is 10.00. The maximum atomic E-state index is 15.3. The molecule has 2 aromatic carbocycles. The Morgan fingerprint density at radius 1 is 0.700 bits per heavy atom. The minimum atomic E-state index is -1.31. The molecule has 32 heteroatoms. The van der Waals surface area contributed by atoms with Crippen molar-refractivity contribution in [2.24, 2.45) is 17.4 Å². The van der Waals surface area contributed by atoms with Crippen molar-refractivity contribution >= 4 is 115 Å². The van der Waals surface area contributed by atoms with E-state index < -0.39 is 103 Å². The molecule has 7 aromatic heterocycles. The number of primary amides is 2. The second kappa shape index (κ2) is 26.9. The molecular weight excluding hydrogens is 1280 g/mol. The number of nitrogens with one attached hydrogen (secondary N) is 4. The van der Waals surface area contributed by atoms with E-state index in [2.05, 4.69) is 31.2 Å². The van der Waals surface area contributed by atoms with Gasteiger partial charge in [-0.1, -0.05) is 49.4 Å². The minimum absolute atomic E-state index is 0.0302. The second-order valence-corrected chi connectivity index (χ2v) is 26.3. The van der Waals surface area contributed by atoms with Gasteiger partial charge in [-0.05, 0) is 42.3 Å². The summed E-state index contributed by atoms with van der Waals surface area (Å²) in [6, 6.07) is 13.4. The SMILES string of the molecule is Cc1sc2nc1C(=O)N[C@@H]([C@H](OCC(=O)NCCC(=O)O)c1ccccc1)c1nc(cs1)C(=O)N[C@@H](Cc1ccc(O)cc1)C(=O)N1C[C@H](O)[C@H](C)[C@H]1c1nc(cs1)-c1nc(cs1)-c1nc(-c3nc(C(N)=O)cs3)ccc1-c1nc(cs1)C(=O)N[C@H]2CC(N)=O. The number of carbonyl (C=O) groups is 8. The van der Waals surface area contributed by atoms with Gasteiger partial charge in [0.15, 0.2) is 0 Å². The molecule has 0 saturated carbocycles. The first-order valence-electron chi connectivity index (χ1n) is 27.4. The van der Waals surface area contributed by atoms with Crippen LogP contribution in [0.1, 0.15) is 117 Å². The number of rotatable bonds is 14. The van der Waals surface area contributed by atoms with Gasteiger partial charge in [0, 0.05) is 62.8 Å². The Morgan fingerprint density at radius 3 is 2.09 bits per heavy atom. The molecule has 9 aromatic rings. The molecule has 11 rings (SSSR count). The number of ether oxygens (including phenoxy) is 1. The first-order valence-corrected chi connectivity index (χ1v) is 32.7. The Bertz CT molecular complexity index is 4220. The van der Waals surface area contributed by atoms with Gasteiger partial charge in [-0.3, -0.25) is 38.4 Å². The van der Waals surface area contributed by atoms with E-state index in [1.807, 2.05) is 0 Å². The molecule has 7 atom stereocenters. The number of aryl methyl sites for hydroxylation is 1. The van der Waals surface area contributed by atoms with Crippen LogP contribution >= 0.6 is 68.0 Å². The minimum Gasteiger partial charge on any atom is -0.508 e. The van der Waals surface area contributed by atoms with E-state index in [-0.39, 0.29) is 64.5 Å². The number of carboxylic acids is 1. The monoisotopic (exact) mass is 1330 g/mol. The molecule has 2 aliphatic rings. The van der Waals surface area contributed by atoms with Gasteiger partial charge >= 0.3 is 5.97 Å². The number of phenols is 1. The van der Waals surface area contributed by atoms with Crippen LogP contribution in [0, 0.1) is 12.8 Å². The highest BCUT2D eigenvalue weighted by atomic mass is 32.1. The third-order valence-electron chi connectivity index (χ3n) is 14.5. The van der Waals surface area contributed by atoms with Crippen molar-refractivity contribution in [3.05, 3.63) is 147 Å². The average Bonchev–Trinajstić information content (AvgIpc) is 1.97. The molecule has 0 radical (unpaired) electrons. The Hall–Kier alpha value is -9.15. The number of fused-ring (bicyclic) bond motifs is 16. The molecule has 11 N–H and O–H groups in total. The van der Waals surface area contributed by atoms with Gasteiger partial charge in [-0.15, -0.1) is 68.0 Å². The number of aliphatic hydroxyl groups excluding tert-OH is 1. The number of nitrogens with two attached hydrogens (primary N) is 2. The van der Waals surface area contributed by atoms with Gasteiger partial charge in [0.05, 0.1) is 36.7 Å². The molecule has 462 valence electrons. The van der Waals surface area contributed by atoms with E-state index in [4.69, 9.17) is 41.1 Å². The third kappa shape index (κ3) is 13.8. The third-order valence-corrected chi connectivity index (χ3v) is 20.0. The molecular formula is C58H52N14O12S6. The summed E-state index contributed by atoms with van der Waals surface area (Å²) in [5.41, 5.74) is 14.0. The number of phenolic OH excluding ortho intramolecular Hbond substituents is 1. The molecule has 90 heavy (non-hydrogen) atoms. The van der Waals surface area contributed by atoms with Crippen molar-refractivity contribution < 1.29 is 58.4 Å². The Morgan fingerprint density at radius 2 is 1.36 bits per heavy atom. The van der Waals surface area contributed by atoms with Gasteiger partial charge in [0.1, 0.15) is 100 Å². The zero-order valence-electron chi connectivity index (χ0n) is 47.2. The molecule has 10 bridgehead atoms. The quantitative estimate of drug-likeness (QED) is 0.0602. The summed E-state index contributed by atoms with van der Waals surface area (Å²) in [4.78, 5) is 144. The molecule has 9 heterocycles. The Kier molecular flexibility index (Phi) is 18.7. The fraction of sp³-hybridized carbons (Fsp3) is 0.259. The number of carboxylic acid groups (broad SMARTS) is 1. The lowest BCUT2D eigenvalue weighted by molar-refractivity contribution is -0.137. The summed E-state index contributed by atoms with van der Waals surface area (Å²) in [7, 11) is 0. The van der Waals surface area contributed by atoms with Crippen LogP contribution in [-0.2, 0) is 30.3 Å². The number of pyridine rings is 1. The number of thiazole rings is 6. The standard InChI is InChI=1S/C58H52N14O12S6/c1-25-39(74)18-72-46(25)57-69-38(24-89-57)54-65-34(20-86-54)44-30(12-13-31(62-44)53-66-35(21-87-53)48(60)79)52-67-36(22-85-52)49(80)63-32(17-40(59)75)55-71-43(26(2)90-55)51(82)70-45(47(28-6-4-3-5-7-28)84-19-41(76)61-15-14-42(77)78)56-68-37(23-88-56)50(81)64-33(58(72)83)16-27-8-10-29(73)11-9-27/h3-13,20-25,32-33,39,45-47,73-74H,14-19H2,1-2H3,(H2,59,75)(H2,60,79)(H,61,76)(H,63,80)(H,64,81)(H,70,82)(H,77,78)/t25-,32-,33-,39-,45-,46-,47+/m0/s1. The molecule has 26 nitrogen and oxygen atoms in total. The number of aliphatic hydroxyl groups is 1. The van der Waals surface area contributed by atoms with Crippen molar-refractivity contribution in [2.45, 2.75) is 69.5 Å². The fourth-order valence-electron chi connectivity index (χ4n) is 10.0. The van der Waals surface area contributed by atoms with E-state index in [1.165, 1.54) is 55.8 Å². The average molecular weight is 1330 g/mol. The highest BCUT2D eigenvalue weighted by Crippen LogP contribution is 2.43. The van der Waals surface area contributed by atoms with Gasteiger partial charge in [0.2, 0.25) is 17.7 Å². The first-order chi connectivity index (χ1) is 43.2. The smallest absolute Gasteiger partial charge is 0.305 e. The van der Waals surface area contributed by atoms with Gasteiger partial charge in [0.25, 0.3) is 23.6 Å². The van der Waals surface area contributed by atoms with Crippen LogP contribution < -0.4 is 32.7 Å². The van der Waals surface area contributed by atoms with Crippen LogP contribution in [0.3, 0.4) is 0 Å². The summed E-state index contributed by atoms with van der Waals surface area (Å²) < 4.78 is 6.31. The Balaban J connectivity index is 1.02. The molecule has 1 saturated heterocycles. The summed E-state index contributed by atoms with van der Waals surface area (Å²) >= 11 is 6.73. The number of carbonyl (C=O) groups excluding carboxylic acids is 7. The van der Waals surface area contributed by atoms with Crippen molar-refractivity contribution in [3.8, 4) is 49.1 Å². The fourth-order valence-corrected chi connectivity index (χ4v) is 15.3. The zero-order chi connectivity index (χ0) is 63.5. The van der Waals surface area contributed by atoms with Crippen LogP contribution in [0.15, 0.2) is 93.6 Å². The number of hydrogen-bond acceptors (Lipinski definition) is 24. The van der Waals surface area contributed by atoms with Crippen molar-refractivity contribution in [2.75, 3.05) is 19.7 Å². The molecule has 0 aliphatic carbocycles. The second-order valence-electron chi connectivity index (χ2n) is 20.7. The molecule has 1 fully saturated rings. The van der Waals surface area contributed by atoms with Gasteiger partial charge in [-0.2, -0.15) is 0 Å². The summed E-state index contributed by atoms with van der Waals surface area (Å²) in [6.45, 7) is 2.44. The van der Waals surface area contributed by atoms with Crippen LogP contribution in [0.25, 0.3) is 43.4 Å². The van der Waals surface area contributed by atoms with Crippen LogP contribution in [0.4, 0.5) is 0 Å². The number of aromatic nitrogens is 7. The molecule has 2 aliphatic heterocycles. The predicted octanol–water partition coefficient (Wildman–Crippen LogP) is 6.00. The number of amides is 7. The summed E-state index contributed by atoms with van der Waals surface area (Å²) in [5, 5.41) is 52.0. The highest BCUT2D eigenvalue weighted by Gasteiger charge is 2.46. The van der Waals surface area contributed by atoms with E-state index in [0.29, 0.717) is 64.4 Å². The van der Waals surface area contributed by atoms with Crippen LogP contribution in [0.2, 0.25) is 0 Å². The highest BCUT2D eigenvalue weighted by molar-refractivity contribution is 7.15. The normalized spacial score (nSPS) is 19.0. The number of nitrogens with zero attached hydrogens (tertiary/aromatic N) is 8. The number of hydrogen-bond donors (Lipinski definition) is 9. The molecule has 0 unspecified atom stereocenters. The maximum absolute atomic E-state index is 15.3. The largest absolute Gasteiger partial charge is 0.508 e. The van der Waals surface area contributed by atoms with E-state index in [9.17, 15) is 48.9 Å². The lowest BCUT2D eigenvalue weighted by Crippen LogP contribution is -2.50. The van der Waals surface area contributed by atoms with Crippen molar-refractivity contribution in [1.82, 2.24) is 61.1 Å². The van der Waals surface area contributed by atoms with E-state index >= 15 is 4.79 Å². The maximum Gasteiger partial charge on any atom is 0.305 e. The van der Waals surface area contributed by atoms with Crippen molar-refractivity contribution in [1.29, 1.82) is 0 Å². The zero-order valence-corrected chi connectivity index (χ0v) is 52.1. The number of aliphatic carboxylic acids is 1. The Labute approximate surface area is 534 Å². The van der Waals surface area contributed by atoms with Gasteiger partial charge < -0.3 is 57.7 Å². The van der Waals surface area contributed by atoms with E-state index in [1.54, 1.807) is 79.2 Å². The van der Waals surface area contributed by atoms with E-state index in [0.717, 1.165) is 45.3 Å². The molecule has 7 amide bonds. The molecule has 0 spiro atoms. The first kappa shape index (κ1) is 62.5. The topological polar surface area (TPSA) is 400 Å². The predicted molar refractivity (Wildman–Crippen MR) is 333 cm³/mol. The van der Waals surface area contributed by atoms with Crippen LogP contribution in [0.5, 0.6) is 5.75 Å². The number of aromatic hydroxyl groups is 1.